The average Bonchev–Trinajstić information content (AvgIpc) is 2.94. The van der Waals surface area contributed by atoms with E-state index in [1.807, 2.05) is 12.3 Å². The Morgan fingerprint density at radius 3 is 2.89 bits per heavy atom. The fraction of sp³-hybridized carbons (Fsp3) is 0.417. The molecular formula is C12H14BrClN2S2. The number of hydrogen-bond acceptors (Lipinski definition) is 4. The monoisotopic (exact) mass is 364 g/mol. The number of thiophene rings is 1. The van der Waals surface area contributed by atoms with Crippen LogP contribution in [0.5, 0.6) is 0 Å². The fourth-order valence-corrected chi connectivity index (χ4v) is 4.21. The summed E-state index contributed by atoms with van der Waals surface area (Å²) in [5.41, 5.74) is 0. The van der Waals surface area contributed by atoms with E-state index in [0.717, 1.165) is 31.7 Å². The van der Waals surface area contributed by atoms with Crippen LogP contribution in [0.25, 0.3) is 9.88 Å². The lowest BCUT2D eigenvalue weighted by Gasteiger charge is -2.09. The molecule has 2 aromatic rings. The molecule has 0 aliphatic rings. The largest absolute Gasteiger partial charge is 0.309 e. The van der Waals surface area contributed by atoms with Crippen LogP contribution in [-0.2, 0) is 0 Å². The average molecular weight is 366 g/mol. The molecule has 0 saturated carbocycles. The second-order valence-electron chi connectivity index (χ2n) is 3.98. The van der Waals surface area contributed by atoms with Gasteiger partial charge in [-0.2, -0.15) is 0 Å². The number of nitrogens with zero attached hydrogens (tertiary/aromatic N) is 1. The molecule has 0 aromatic carbocycles. The molecule has 0 spiro atoms. The molecule has 1 atom stereocenters. The Labute approximate surface area is 129 Å². The standard InChI is InChI=1S/C12H14BrClN2S2/c1-3-4-15-7(2)10-6-16-12(18-10)9-5-8(13)11(14)17-9/h5-7,15H,3-4H2,1-2H3. The third-order valence-electron chi connectivity index (χ3n) is 2.51. The van der Waals surface area contributed by atoms with Crippen LogP contribution in [0.1, 0.15) is 31.2 Å². The van der Waals surface area contributed by atoms with Crippen LogP contribution in [-0.4, -0.2) is 11.5 Å². The summed E-state index contributed by atoms with van der Waals surface area (Å²) < 4.78 is 1.72. The topological polar surface area (TPSA) is 24.9 Å². The molecule has 2 rings (SSSR count). The zero-order valence-electron chi connectivity index (χ0n) is 10.2. The summed E-state index contributed by atoms with van der Waals surface area (Å²) in [5, 5.41) is 4.50. The van der Waals surface area contributed by atoms with E-state index in [0.29, 0.717) is 6.04 Å². The molecular weight excluding hydrogens is 352 g/mol. The Hall–Kier alpha value is 0.0600. The summed E-state index contributed by atoms with van der Waals surface area (Å²) in [4.78, 5) is 6.86. The highest BCUT2D eigenvalue weighted by atomic mass is 79.9. The minimum absolute atomic E-state index is 0.357. The Morgan fingerprint density at radius 2 is 2.28 bits per heavy atom. The van der Waals surface area contributed by atoms with Gasteiger partial charge in [0.1, 0.15) is 9.34 Å². The molecule has 0 radical (unpaired) electrons. The summed E-state index contributed by atoms with van der Waals surface area (Å²) in [6, 6.07) is 2.38. The lowest BCUT2D eigenvalue weighted by atomic mass is 10.3. The number of hydrogen-bond donors (Lipinski definition) is 1. The molecule has 0 fully saturated rings. The molecule has 2 nitrogen and oxygen atoms in total. The summed E-state index contributed by atoms with van der Waals surface area (Å²) >= 11 is 12.8. The highest BCUT2D eigenvalue weighted by molar-refractivity contribution is 9.10. The van der Waals surface area contributed by atoms with Gasteiger partial charge in [-0.15, -0.1) is 22.7 Å². The van der Waals surface area contributed by atoms with E-state index in [9.17, 15) is 0 Å². The lowest BCUT2D eigenvalue weighted by Crippen LogP contribution is -2.18. The Balaban J connectivity index is 2.14. The molecule has 0 amide bonds. The minimum Gasteiger partial charge on any atom is -0.309 e. The number of halogens is 2. The van der Waals surface area contributed by atoms with Gasteiger partial charge in [-0.1, -0.05) is 18.5 Å². The predicted molar refractivity (Wildman–Crippen MR) is 84.8 cm³/mol. The van der Waals surface area contributed by atoms with Crippen LogP contribution in [0.2, 0.25) is 4.34 Å². The van der Waals surface area contributed by atoms with Crippen molar-refractivity contribution in [1.82, 2.24) is 10.3 Å². The van der Waals surface area contributed by atoms with Crippen LogP contribution in [0.15, 0.2) is 16.7 Å². The smallest absolute Gasteiger partial charge is 0.133 e. The van der Waals surface area contributed by atoms with Gasteiger partial charge in [0.05, 0.1) is 4.88 Å². The molecule has 0 aliphatic carbocycles. The van der Waals surface area contributed by atoms with Gasteiger partial charge < -0.3 is 5.32 Å². The van der Waals surface area contributed by atoms with E-state index in [2.05, 4.69) is 40.1 Å². The summed E-state index contributed by atoms with van der Waals surface area (Å²) in [7, 11) is 0. The summed E-state index contributed by atoms with van der Waals surface area (Å²) in [6.07, 6.45) is 3.10. The predicted octanol–water partition coefficient (Wildman–Crippen LogP) is 5.35. The zero-order valence-corrected chi connectivity index (χ0v) is 14.1. The van der Waals surface area contributed by atoms with E-state index in [1.54, 1.807) is 22.7 Å². The Bertz CT molecular complexity index is 504. The molecule has 6 heteroatoms. The van der Waals surface area contributed by atoms with Crippen LogP contribution < -0.4 is 5.32 Å². The molecule has 0 bridgehead atoms. The Morgan fingerprint density at radius 1 is 1.50 bits per heavy atom. The molecule has 18 heavy (non-hydrogen) atoms. The van der Waals surface area contributed by atoms with Crippen molar-refractivity contribution in [1.29, 1.82) is 0 Å². The third kappa shape index (κ3) is 3.33. The third-order valence-corrected chi connectivity index (χ3v) is 6.33. The van der Waals surface area contributed by atoms with Gasteiger partial charge in [0.2, 0.25) is 0 Å². The van der Waals surface area contributed by atoms with Crippen LogP contribution in [0, 0.1) is 0 Å². The first-order chi connectivity index (χ1) is 8.61. The van der Waals surface area contributed by atoms with Gasteiger partial charge in [-0.25, -0.2) is 4.98 Å². The first-order valence-corrected chi connectivity index (χ1v) is 8.56. The van der Waals surface area contributed by atoms with Crippen LogP contribution in [0.3, 0.4) is 0 Å². The van der Waals surface area contributed by atoms with Crippen molar-refractivity contribution in [2.24, 2.45) is 0 Å². The molecule has 1 unspecified atom stereocenters. The molecule has 1 N–H and O–H groups in total. The first kappa shape index (κ1) is 14.5. The van der Waals surface area contributed by atoms with E-state index in [1.165, 1.54) is 4.88 Å². The van der Waals surface area contributed by atoms with Gasteiger partial charge >= 0.3 is 0 Å². The van der Waals surface area contributed by atoms with Crippen molar-refractivity contribution in [3.8, 4) is 9.88 Å². The van der Waals surface area contributed by atoms with Crippen molar-refractivity contribution >= 4 is 50.2 Å². The zero-order chi connectivity index (χ0) is 13.1. The van der Waals surface area contributed by atoms with E-state index < -0.39 is 0 Å². The quantitative estimate of drug-likeness (QED) is 0.772. The van der Waals surface area contributed by atoms with E-state index in [-0.39, 0.29) is 0 Å². The fourth-order valence-electron chi connectivity index (χ4n) is 1.51. The van der Waals surface area contributed by atoms with Crippen LogP contribution in [0.4, 0.5) is 0 Å². The highest BCUT2D eigenvalue weighted by Gasteiger charge is 2.13. The number of thiazole rings is 1. The SMILES string of the molecule is CCCNC(C)c1cnc(-c2cc(Br)c(Cl)s2)s1. The van der Waals surface area contributed by atoms with Gasteiger partial charge in [0.25, 0.3) is 0 Å². The number of aromatic nitrogens is 1. The second-order valence-corrected chi connectivity index (χ2v) is 7.55. The highest BCUT2D eigenvalue weighted by Crippen LogP contribution is 2.40. The van der Waals surface area contributed by atoms with Gasteiger partial charge in [0, 0.05) is 21.6 Å². The number of nitrogens with one attached hydrogen (secondary N) is 1. The van der Waals surface area contributed by atoms with E-state index in [4.69, 9.17) is 11.6 Å². The molecule has 0 saturated heterocycles. The van der Waals surface area contributed by atoms with Crippen molar-refractivity contribution in [3.63, 3.8) is 0 Å². The molecule has 0 aliphatic heterocycles. The van der Waals surface area contributed by atoms with Crippen molar-refractivity contribution in [2.45, 2.75) is 26.3 Å². The van der Waals surface area contributed by atoms with Gasteiger partial charge in [-0.3, -0.25) is 0 Å². The molecule has 2 aromatic heterocycles. The number of rotatable bonds is 5. The van der Waals surface area contributed by atoms with Crippen molar-refractivity contribution < 1.29 is 0 Å². The van der Waals surface area contributed by atoms with Crippen LogP contribution >= 0.6 is 50.2 Å². The van der Waals surface area contributed by atoms with Crippen molar-refractivity contribution in [2.75, 3.05) is 6.54 Å². The normalized spacial score (nSPS) is 12.9. The maximum atomic E-state index is 6.05. The van der Waals surface area contributed by atoms with Gasteiger partial charge in [-0.05, 0) is 41.9 Å². The minimum atomic E-state index is 0.357. The van der Waals surface area contributed by atoms with Crippen molar-refractivity contribution in [3.05, 3.63) is 25.9 Å². The first-order valence-electron chi connectivity index (χ1n) is 5.76. The second kappa shape index (κ2) is 6.48. The lowest BCUT2D eigenvalue weighted by molar-refractivity contribution is 0.577. The maximum Gasteiger partial charge on any atom is 0.133 e. The van der Waals surface area contributed by atoms with E-state index >= 15 is 0 Å². The molecule has 98 valence electrons. The van der Waals surface area contributed by atoms with Gasteiger partial charge in [0.15, 0.2) is 0 Å². The summed E-state index contributed by atoms with van der Waals surface area (Å²) in [6.45, 7) is 5.37. The summed E-state index contributed by atoms with van der Waals surface area (Å²) in [5.74, 6) is 0. The molecule has 2 heterocycles. The Kier molecular flexibility index (Phi) is 5.21. The maximum absolute atomic E-state index is 6.05.